The summed E-state index contributed by atoms with van der Waals surface area (Å²) in [7, 11) is 0. The quantitative estimate of drug-likeness (QED) is 0.327. The number of Topliss-reactive ketones (excluding diaryl/α,β-unsaturated/α-hetero) is 1. The summed E-state index contributed by atoms with van der Waals surface area (Å²) in [5.74, 6) is -7.90. The molecule has 3 aromatic heterocycles. The van der Waals surface area contributed by atoms with Gasteiger partial charge in [0.05, 0.1) is 23.9 Å². The number of rotatable bonds is 12. The van der Waals surface area contributed by atoms with E-state index in [4.69, 9.17) is 4.98 Å². The van der Waals surface area contributed by atoms with Crippen LogP contribution < -0.4 is 10.6 Å². The highest BCUT2D eigenvalue weighted by Gasteiger charge is 2.50. The van der Waals surface area contributed by atoms with Crippen LogP contribution in [0.3, 0.4) is 0 Å². The fraction of sp³-hybridized carbons (Fsp3) is 0.536. The van der Waals surface area contributed by atoms with Crippen LogP contribution in [-0.4, -0.2) is 60.7 Å². The highest BCUT2D eigenvalue weighted by atomic mass is 19.3. The molecule has 1 aliphatic rings. The molecule has 3 aromatic rings. The van der Waals surface area contributed by atoms with Crippen LogP contribution in [0.15, 0.2) is 30.7 Å². The van der Waals surface area contributed by atoms with E-state index in [1.807, 2.05) is 18.3 Å². The van der Waals surface area contributed by atoms with Crippen LogP contribution in [0.4, 0.5) is 8.78 Å². The number of amides is 2. The largest absolute Gasteiger partial charge is 0.383 e. The first-order valence-corrected chi connectivity index (χ1v) is 13.9. The lowest BCUT2D eigenvalue weighted by Gasteiger charge is -2.28. The summed E-state index contributed by atoms with van der Waals surface area (Å²) in [6.07, 6.45) is 10.7. The monoisotopic (exact) mass is 555 g/mol. The van der Waals surface area contributed by atoms with Gasteiger partial charge in [0.15, 0.2) is 5.65 Å². The van der Waals surface area contributed by atoms with Gasteiger partial charge in [-0.1, -0.05) is 45.4 Å². The first-order chi connectivity index (χ1) is 19.2. The number of hydrogen-bond acceptors (Lipinski definition) is 7. The van der Waals surface area contributed by atoms with Crippen molar-refractivity contribution in [3.8, 4) is 11.3 Å². The number of aromatic nitrogens is 5. The Morgan fingerprint density at radius 3 is 2.60 bits per heavy atom. The smallest absolute Gasteiger partial charge is 0.351 e. The molecule has 0 saturated heterocycles. The van der Waals surface area contributed by atoms with Crippen LogP contribution in [-0.2, 0) is 27.2 Å². The number of nitrogens with one attached hydrogen (secondary N) is 2. The van der Waals surface area contributed by atoms with Crippen molar-refractivity contribution in [3.05, 3.63) is 42.2 Å². The molecule has 2 amide bonds. The van der Waals surface area contributed by atoms with Crippen molar-refractivity contribution in [1.82, 2.24) is 35.2 Å². The Labute approximate surface area is 231 Å². The third kappa shape index (κ3) is 6.65. The zero-order valence-electron chi connectivity index (χ0n) is 22.8. The molecule has 12 heteroatoms. The molecule has 0 aliphatic heterocycles. The summed E-state index contributed by atoms with van der Waals surface area (Å²) in [5, 5.41) is 12.9. The number of hydrogen-bond donors (Lipinski definition) is 2. The molecule has 1 atom stereocenters. The maximum atomic E-state index is 14.8. The lowest BCUT2D eigenvalue weighted by atomic mass is 9.83. The predicted octanol–water partition coefficient (Wildman–Crippen LogP) is 3.48. The lowest BCUT2D eigenvalue weighted by molar-refractivity contribution is -0.160. The minimum atomic E-state index is -4.26. The van der Waals surface area contributed by atoms with Crippen LogP contribution >= 0.6 is 0 Å². The van der Waals surface area contributed by atoms with Gasteiger partial charge in [-0.2, -0.15) is 8.78 Å². The van der Waals surface area contributed by atoms with Gasteiger partial charge in [0.25, 0.3) is 5.91 Å². The summed E-state index contributed by atoms with van der Waals surface area (Å²) in [4.78, 5) is 47.0. The number of carbonyl (C=O) groups is 3. The van der Waals surface area contributed by atoms with Crippen molar-refractivity contribution in [2.45, 2.75) is 83.6 Å². The van der Waals surface area contributed by atoms with E-state index in [-0.39, 0.29) is 31.1 Å². The molecule has 0 spiro atoms. The second kappa shape index (κ2) is 13.0. The Kier molecular flexibility index (Phi) is 9.49. The molecule has 1 fully saturated rings. The molecule has 3 heterocycles. The van der Waals surface area contributed by atoms with E-state index < -0.39 is 29.6 Å². The molecular formula is C28H35F2N7O3. The number of pyridine rings is 1. The van der Waals surface area contributed by atoms with E-state index >= 15 is 0 Å². The predicted molar refractivity (Wildman–Crippen MR) is 143 cm³/mol. The topological polar surface area (TPSA) is 131 Å². The molecule has 0 unspecified atom stereocenters. The highest BCUT2D eigenvalue weighted by Crippen LogP contribution is 2.29. The first kappa shape index (κ1) is 29.2. The van der Waals surface area contributed by atoms with Gasteiger partial charge in [-0.25, -0.2) is 4.98 Å². The van der Waals surface area contributed by atoms with Gasteiger partial charge >= 0.3 is 5.92 Å². The van der Waals surface area contributed by atoms with Crippen molar-refractivity contribution in [3.63, 3.8) is 0 Å². The molecule has 2 N–H and O–H groups in total. The molecule has 1 aliphatic carbocycles. The van der Waals surface area contributed by atoms with E-state index in [0.717, 1.165) is 44.1 Å². The Hall–Kier alpha value is -3.83. The van der Waals surface area contributed by atoms with Crippen molar-refractivity contribution in [1.29, 1.82) is 0 Å². The fourth-order valence-electron chi connectivity index (χ4n) is 5.16. The molecule has 0 aromatic carbocycles. The molecule has 40 heavy (non-hydrogen) atoms. The highest BCUT2D eigenvalue weighted by molar-refractivity contribution is 6.10. The Balaban J connectivity index is 1.59. The fourth-order valence-corrected chi connectivity index (χ4v) is 5.16. The van der Waals surface area contributed by atoms with Crippen molar-refractivity contribution < 1.29 is 23.2 Å². The van der Waals surface area contributed by atoms with E-state index in [0.29, 0.717) is 23.5 Å². The molecule has 10 nitrogen and oxygen atoms in total. The molecule has 4 rings (SSSR count). The summed E-state index contributed by atoms with van der Waals surface area (Å²) in [6, 6.07) is 2.15. The third-order valence-corrected chi connectivity index (χ3v) is 7.17. The molecule has 214 valence electrons. The first-order valence-electron chi connectivity index (χ1n) is 13.9. The van der Waals surface area contributed by atoms with Crippen LogP contribution in [0.5, 0.6) is 0 Å². The summed E-state index contributed by atoms with van der Waals surface area (Å²) in [6.45, 7) is 3.46. The minimum Gasteiger partial charge on any atom is -0.351 e. The molecular weight excluding hydrogens is 520 g/mol. The van der Waals surface area contributed by atoms with Crippen LogP contribution in [0.25, 0.3) is 16.9 Å². The van der Waals surface area contributed by atoms with Gasteiger partial charge in [-0.15, -0.1) is 10.2 Å². The third-order valence-electron chi connectivity index (χ3n) is 7.17. The van der Waals surface area contributed by atoms with E-state index in [1.54, 1.807) is 29.1 Å². The maximum Gasteiger partial charge on any atom is 0.383 e. The number of carbonyl (C=O) groups excluding carboxylic acids is 3. The van der Waals surface area contributed by atoms with Gasteiger partial charge in [-0.3, -0.25) is 23.8 Å². The Morgan fingerprint density at radius 1 is 1.15 bits per heavy atom. The second-order valence-electron chi connectivity index (χ2n) is 10.2. The van der Waals surface area contributed by atoms with E-state index in [1.165, 1.54) is 6.92 Å². The van der Waals surface area contributed by atoms with Gasteiger partial charge in [0.1, 0.15) is 5.82 Å². The Bertz CT molecular complexity index is 1340. The summed E-state index contributed by atoms with van der Waals surface area (Å²) in [5.41, 5.74) is 2.60. The maximum absolute atomic E-state index is 14.8. The summed E-state index contributed by atoms with van der Waals surface area (Å²) < 4.78 is 31.3. The van der Waals surface area contributed by atoms with Crippen LogP contribution in [0.1, 0.15) is 70.3 Å². The van der Waals surface area contributed by atoms with Gasteiger partial charge < -0.3 is 10.6 Å². The number of ketones is 1. The standard InChI is InChI=1S/C28H35F2N7O3/c1-3-9-20-26-36-35-23(37(26)17-22(33-20)19-12-8-13-31-16-19)15-24(38)34-21(14-18-10-6-5-7-11-18)25(39)28(29,30)27(40)32-4-2/h8,12-13,16-18,21H,3-7,9-11,14-15H2,1-2H3,(H,32,40)(H,34,38)/t21-/m0/s1. The molecule has 0 radical (unpaired) electrons. The minimum absolute atomic E-state index is 0.00618. The SMILES string of the molecule is CCCc1nc(-c2cccnc2)cn2c(CC(=O)N[C@@H](CC3CCCCC3)C(=O)C(F)(F)C(=O)NCC)nnc12. The molecule has 1 saturated carbocycles. The average molecular weight is 556 g/mol. The zero-order chi connectivity index (χ0) is 28.7. The van der Waals surface area contributed by atoms with Crippen LogP contribution in [0.2, 0.25) is 0 Å². The van der Waals surface area contributed by atoms with Crippen molar-refractivity contribution in [2.75, 3.05) is 6.54 Å². The van der Waals surface area contributed by atoms with E-state index in [2.05, 4.69) is 20.5 Å². The van der Waals surface area contributed by atoms with Crippen molar-refractivity contribution in [2.24, 2.45) is 5.92 Å². The van der Waals surface area contributed by atoms with Gasteiger partial charge in [-0.05, 0) is 37.8 Å². The lowest BCUT2D eigenvalue weighted by Crippen LogP contribution is -2.55. The number of fused-ring (bicyclic) bond motifs is 1. The number of aryl methyl sites for hydroxylation is 1. The van der Waals surface area contributed by atoms with E-state index in [9.17, 15) is 23.2 Å². The zero-order valence-corrected chi connectivity index (χ0v) is 22.8. The number of nitrogens with zero attached hydrogens (tertiary/aromatic N) is 5. The van der Waals surface area contributed by atoms with Crippen LogP contribution in [0, 0.1) is 5.92 Å². The summed E-state index contributed by atoms with van der Waals surface area (Å²) >= 11 is 0. The average Bonchev–Trinajstić information content (AvgIpc) is 3.36. The van der Waals surface area contributed by atoms with Gasteiger partial charge in [0.2, 0.25) is 11.7 Å². The second-order valence-corrected chi connectivity index (χ2v) is 10.2. The normalized spacial score (nSPS) is 15.1. The molecule has 0 bridgehead atoms. The van der Waals surface area contributed by atoms with Crippen molar-refractivity contribution >= 4 is 23.2 Å². The Morgan fingerprint density at radius 2 is 1.93 bits per heavy atom. The number of alkyl halides is 2. The van der Waals surface area contributed by atoms with Gasteiger partial charge in [0, 0.05) is 30.7 Å². The number of halogens is 2.